The van der Waals surface area contributed by atoms with Crippen molar-refractivity contribution in [2.24, 2.45) is 0 Å². The maximum Gasteiger partial charge on any atom is 0.134 e. The highest BCUT2D eigenvalue weighted by molar-refractivity contribution is 5.79. The molecule has 0 radical (unpaired) electrons. The van der Waals surface area contributed by atoms with Gasteiger partial charge in [-0.15, -0.1) is 0 Å². The lowest BCUT2D eigenvalue weighted by Crippen LogP contribution is -2.39. The van der Waals surface area contributed by atoms with Crippen LogP contribution in [-0.4, -0.2) is 29.8 Å². The molecule has 13 heavy (non-hydrogen) atoms. The van der Waals surface area contributed by atoms with E-state index < -0.39 is 0 Å². The van der Waals surface area contributed by atoms with Gasteiger partial charge >= 0.3 is 0 Å². The lowest BCUT2D eigenvalue weighted by molar-refractivity contribution is -0.122. The summed E-state index contributed by atoms with van der Waals surface area (Å²) in [5, 5.41) is 0. The third-order valence-electron chi connectivity index (χ3n) is 2.89. The molecule has 1 atom stereocenters. The Morgan fingerprint density at radius 2 is 2.23 bits per heavy atom. The van der Waals surface area contributed by atoms with Crippen molar-refractivity contribution in [3.8, 4) is 0 Å². The minimum atomic E-state index is 0.464. The first-order valence-corrected chi connectivity index (χ1v) is 5.53. The van der Waals surface area contributed by atoms with Crippen LogP contribution in [0.15, 0.2) is 0 Å². The summed E-state index contributed by atoms with van der Waals surface area (Å²) in [4.78, 5) is 13.7. The van der Waals surface area contributed by atoms with E-state index in [0.29, 0.717) is 11.8 Å². The number of carbonyl (C=O) groups excluding carboxylic acids is 1. The monoisotopic (exact) mass is 183 g/mol. The molecule has 1 aliphatic rings. The molecule has 2 nitrogen and oxygen atoms in total. The molecule has 0 aromatic heterocycles. The first kappa shape index (κ1) is 10.7. The summed E-state index contributed by atoms with van der Waals surface area (Å²) >= 11 is 0. The number of ketones is 1. The van der Waals surface area contributed by atoms with Gasteiger partial charge in [-0.2, -0.15) is 0 Å². The number of nitrogens with zero attached hydrogens (tertiary/aromatic N) is 1. The standard InChI is InChI=1S/C11H21NO/c1-3-8-12(4-2)10-6-5-7-11(13)9-10/h10H,3-9H2,1-2H3/t10-/m0/s1. The van der Waals surface area contributed by atoms with E-state index in [9.17, 15) is 4.79 Å². The molecule has 0 spiro atoms. The smallest absolute Gasteiger partial charge is 0.134 e. The van der Waals surface area contributed by atoms with Crippen LogP contribution >= 0.6 is 0 Å². The number of Topliss-reactive ketones (excluding diaryl/α,β-unsaturated/α-hetero) is 1. The zero-order chi connectivity index (χ0) is 9.68. The number of hydrogen-bond donors (Lipinski definition) is 0. The molecule has 0 N–H and O–H groups in total. The number of carbonyl (C=O) groups is 1. The first-order valence-electron chi connectivity index (χ1n) is 5.53. The fourth-order valence-electron chi connectivity index (χ4n) is 2.20. The Kier molecular flexibility index (Phi) is 4.43. The van der Waals surface area contributed by atoms with Gasteiger partial charge in [0.15, 0.2) is 0 Å². The van der Waals surface area contributed by atoms with Crippen molar-refractivity contribution in [3.05, 3.63) is 0 Å². The minimum Gasteiger partial charge on any atom is -0.300 e. The second kappa shape index (κ2) is 5.38. The van der Waals surface area contributed by atoms with E-state index in [-0.39, 0.29) is 0 Å². The van der Waals surface area contributed by atoms with Crippen LogP contribution in [-0.2, 0) is 4.79 Å². The molecule has 0 aromatic carbocycles. The van der Waals surface area contributed by atoms with Gasteiger partial charge in [-0.25, -0.2) is 0 Å². The number of hydrogen-bond acceptors (Lipinski definition) is 2. The molecule has 0 aliphatic heterocycles. The highest BCUT2D eigenvalue weighted by Gasteiger charge is 2.23. The zero-order valence-electron chi connectivity index (χ0n) is 8.88. The van der Waals surface area contributed by atoms with Gasteiger partial charge in [-0.1, -0.05) is 13.8 Å². The van der Waals surface area contributed by atoms with Gasteiger partial charge in [-0.3, -0.25) is 4.79 Å². The van der Waals surface area contributed by atoms with Crippen LogP contribution in [0.25, 0.3) is 0 Å². The lowest BCUT2D eigenvalue weighted by Gasteiger charge is -2.32. The van der Waals surface area contributed by atoms with Crippen molar-refractivity contribution in [1.29, 1.82) is 0 Å². The summed E-state index contributed by atoms with van der Waals surface area (Å²) in [6.07, 6.45) is 5.13. The molecule has 0 unspecified atom stereocenters. The van der Waals surface area contributed by atoms with Gasteiger partial charge in [-0.05, 0) is 32.4 Å². The van der Waals surface area contributed by atoms with Gasteiger partial charge < -0.3 is 4.90 Å². The molecule has 0 bridgehead atoms. The Labute approximate surface area is 81.3 Å². The molecule has 1 fully saturated rings. The third-order valence-corrected chi connectivity index (χ3v) is 2.89. The normalized spacial score (nSPS) is 23.9. The summed E-state index contributed by atoms with van der Waals surface area (Å²) in [6, 6.07) is 0.547. The Balaban J connectivity index is 2.42. The second-order valence-electron chi connectivity index (χ2n) is 3.92. The van der Waals surface area contributed by atoms with Crippen molar-refractivity contribution in [3.63, 3.8) is 0 Å². The molecule has 0 heterocycles. The van der Waals surface area contributed by atoms with E-state index in [2.05, 4.69) is 18.7 Å². The summed E-state index contributed by atoms with van der Waals surface area (Å²) in [7, 11) is 0. The lowest BCUT2D eigenvalue weighted by atomic mass is 9.93. The van der Waals surface area contributed by atoms with Crippen molar-refractivity contribution < 1.29 is 4.79 Å². The van der Waals surface area contributed by atoms with E-state index in [1.807, 2.05) is 0 Å². The highest BCUT2D eigenvalue weighted by atomic mass is 16.1. The molecular weight excluding hydrogens is 162 g/mol. The summed E-state index contributed by atoms with van der Waals surface area (Å²) in [5.74, 6) is 0.464. The number of rotatable bonds is 4. The molecule has 76 valence electrons. The first-order chi connectivity index (χ1) is 6.27. The summed E-state index contributed by atoms with van der Waals surface area (Å²) in [5.41, 5.74) is 0. The molecule has 1 saturated carbocycles. The van der Waals surface area contributed by atoms with Gasteiger partial charge in [0.25, 0.3) is 0 Å². The van der Waals surface area contributed by atoms with Crippen LogP contribution in [0.5, 0.6) is 0 Å². The van der Waals surface area contributed by atoms with Crippen LogP contribution in [0.1, 0.15) is 46.0 Å². The largest absolute Gasteiger partial charge is 0.300 e. The van der Waals surface area contributed by atoms with Crippen molar-refractivity contribution in [1.82, 2.24) is 4.90 Å². The quantitative estimate of drug-likeness (QED) is 0.666. The Hall–Kier alpha value is -0.370. The topological polar surface area (TPSA) is 20.3 Å². The SMILES string of the molecule is CCCN(CC)[C@H]1CCCC(=O)C1. The van der Waals surface area contributed by atoms with Crippen LogP contribution in [0, 0.1) is 0 Å². The zero-order valence-corrected chi connectivity index (χ0v) is 8.88. The fraction of sp³-hybridized carbons (Fsp3) is 0.909. The predicted octanol–water partition coefficient (Wildman–Crippen LogP) is 2.23. The molecule has 1 aliphatic carbocycles. The molecule has 0 amide bonds. The van der Waals surface area contributed by atoms with E-state index in [1.165, 1.54) is 12.8 Å². The fourth-order valence-corrected chi connectivity index (χ4v) is 2.20. The summed E-state index contributed by atoms with van der Waals surface area (Å²) in [6.45, 7) is 6.63. The average Bonchev–Trinajstić information content (AvgIpc) is 2.14. The molecule has 2 heteroatoms. The van der Waals surface area contributed by atoms with E-state index in [1.54, 1.807) is 0 Å². The van der Waals surface area contributed by atoms with E-state index in [4.69, 9.17) is 0 Å². The van der Waals surface area contributed by atoms with Crippen LogP contribution in [0.4, 0.5) is 0 Å². The predicted molar refractivity (Wildman–Crippen MR) is 54.8 cm³/mol. The molecule has 0 aromatic rings. The third kappa shape index (κ3) is 3.11. The molecule has 1 rings (SSSR count). The Bertz CT molecular complexity index is 167. The molecule has 0 saturated heterocycles. The Morgan fingerprint density at radius 3 is 2.77 bits per heavy atom. The Morgan fingerprint density at radius 1 is 1.46 bits per heavy atom. The van der Waals surface area contributed by atoms with E-state index >= 15 is 0 Å². The van der Waals surface area contributed by atoms with Gasteiger partial charge in [0.1, 0.15) is 5.78 Å². The van der Waals surface area contributed by atoms with Crippen molar-refractivity contribution in [2.45, 2.75) is 52.0 Å². The second-order valence-corrected chi connectivity index (χ2v) is 3.92. The highest BCUT2D eigenvalue weighted by Crippen LogP contribution is 2.20. The maximum atomic E-state index is 11.3. The summed E-state index contributed by atoms with van der Waals surface area (Å²) < 4.78 is 0. The van der Waals surface area contributed by atoms with Crippen molar-refractivity contribution in [2.75, 3.05) is 13.1 Å². The maximum absolute atomic E-state index is 11.3. The minimum absolute atomic E-state index is 0.464. The van der Waals surface area contributed by atoms with Crippen molar-refractivity contribution >= 4 is 5.78 Å². The van der Waals surface area contributed by atoms with Gasteiger partial charge in [0.2, 0.25) is 0 Å². The van der Waals surface area contributed by atoms with Crippen LogP contribution in [0.2, 0.25) is 0 Å². The van der Waals surface area contributed by atoms with Crippen LogP contribution in [0.3, 0.4) is 0 Å². The van der Waals surface area contributed by atoms with Crippen LogP contribution < -0.4 is 0 Å². The van der Waals surface area contributed by atoms with Gasteiger partial charge in [0.05, 0.1) is 0 Å². The molecular formula is C11H21NO. The van der Waals surface area contributed by atoms with Gasteiger partial charge in [0, 0.05) is 18.9 Å². The van der Waals surface area contributed by atoms with E-state index in [0.717, 1.165) is 32.4 Å². The average molecular weight is 183 g/mol.